The first-order valence-corrected chi connectivity index (χ1v) is 8.97. The van der Waals surface area contributed by atoms with Gasteiger partial charge < -0.3 is 25.4 Å². The van der Waals surface area contributed by atoms with Gasteiger partial charge in [0.1, 0.15) is 5.75 Å². The minimum absolute atomic E-state index is 0. The highest BCUT2D eigenvalue weighted by molar-refractivity contribution is 14.0. The first-order chi connectivity index (χ1) is 12.5. The molecule has 0 aliphatic heterocycles. The molecular formula is C18H31F2IN4O2. The number of aliphatic hydroxyl groups excluding tert-OH is 1. The van der Waals surface area contributed by atoms with Gasteiger partial charge in [-0.1, -0.05) is 26.0 Å². The molecule has 0 heterocycles. The fourth-order valence-corrected chi connectivity index (χ4v) is 2.37. The zero-order valence-corrected chi connectivity index (χ0v) is 18.5. The Hall–Kier alpha value is -1.20. The van der Waals surface area contributed by atoms with E-state index in [0.717, 1.165) is 26.2 Å². The van der Waals surface area contributed by atoms with Crippen molar-refractivity contribution in [1.82, 2.24) is 15.5 Å². The van der Waals surface area contributed by atoms with E-state index in [9.17, 15) is 13.9 Å². The molecule has 1 aromatic rings. The van der Waals surface area contributed by atoms with E-state index < -0.39 is 12.7 Å². The summed E-state index contributed by atoms with van der Waals surface area (Å²) < 4.78 is 28.6. The van der Waals surface area contributed by atoms with Gasteiger partial charge in [0.2, 0.25) is 0 Å². The molecule has 6 nitrogen and oxygen atoms in total. The van der Waals surface area contributed by atoms with Crippen LogP contribution in [-0.2, 0) is 0 Å². The van der Waals surface area contributed by atoms with Crippen LogP contribution in [0.2, 0.25) is 0 Å². The van der Waals surface area contributed by atoms with E-state index in [4.69, 9.17) is 0 Å². The van der Waals surface area contributed by atoms with E-state index in [-0.39, 0.29) is 36.3 Å². The molecule has 0 bridgehead atoms. The summed E-state index contributed by atoms with van der Waals surface area (Å²) in [5, 5.41) is 16.6. The fourth-order valence-electron chi connectivity index (χ4n) is 2.37. The molecule has 0 aromatic heterocycles. The van der Waals surface area contributed by atoms with Crippen LogP contribution < -0.4 is 15.4 Å². The van der Waals surface area contributed by atoms with Crippen molar-refractivity contribution in [3.63, 3.8) is 0 Å². The average Bonchev–Trinajstić information content (AvgIpc) is 2.63. The lowest BCUT2D eigenvalue weighted by Gasteiger charge is -2.19. The smallest absolute Gasteiger partial charge is 0.387 e. The lowest BCUT2D eigenvalue weighted by Crippen LogP contribution is -2.41. The van der Waals surface area contributed by atoms with Crippen LogP contribution in [0.15, 0.2) is 29.3 Å². The van der Waals surface area contributed by atoms with Crippen molar-refractivity contribution in [3.8, 4) is 5.75 Å². The molecule has 27 heavy (non-hydrogen) atoms. The summed E-state index contributed by atoms with van der Waals surface area (Å²) in [4.78, 5) is 6.68. The maximum Gasteiger partial charge on any atom is 0.387 e. The van der Waals surface area contributed by atoms with E-state index >= 15 is 0 Å². The summed E-state index contributed by atoms with van der Waals surface area (Å²) in [6, 6.07) is 5.92. The van der Waals surface area contributed by atoms with E-state index in [2.05, 4.69) is 39.1 Å². The van der Waals surface area contributed by atoms with Gasteiger partial charge in [0.15, 0.2) is 5.96 Å². The largest absolute Gasteiger partial charge is 0.435 e. The third-order valence-corrected chi connectivity index (χ3v) is 3.87. The Bertz CT molecular complexity index is 529. The molecule has 0 spiro atoms. The van der Waals surface area contributed by atoms with Crippen LogP contribution >= 0.6 is 24.0 Å². The topological polar surface area (TPSA) is 69.1 Å². The quantitative estimate of drug-likeness (QED) is 0.248. The Labute approximate surface area is 177 Å². The van der Waals surface area contributed by atoms with Gasteiger partial charge in [-0.15, -0.1) is 24.0 Å². The first-order valence-electron chi connectivity index (χ1n) is 8.97. The number of hydrogen-bond donors (Lipinski definition) is 3. The van der Waals surface area contributed by atoms with Crippen molar-refractivity contribution in [2.45, 2.75) is 33.5 Å². The number of ether oxygens (including phenoxy) is 1. The molecule has 9 heteroatoms. The van der Waals surface area contributed by atoms with Gasteiger partial charge in [0.25, 0.3) is 0 Å². The molecule has 156 valence electrons. The van der Waals surface area contributed by atoms with Crippen molar-refractivity contribution in [3.05, 3.63) is 29.8 Å². The minimum Gasteiger partial charge on any atom is -0.435 e. The predicted octanol–water partition coefficient (Wildman–Crippen LogP) is 2.84. The molecule has 0 radical (unpaired) electrons. The molecule has 0 saturated heterocycles. The molecule has 1 unspecified atom stereocenters. The standard InChI is InChI=1S/C18H30F2N4O2.HI/c1-4-21-18(22-11-12-24(5-2)6-3)23-13-16(25)14-7-9-15(10-8-14)26-17(19)20;/h7-10,16-17,25H,4-6,11-13H2,1-3H3,(H2,21,22,23);1H. The van der Waals surface area contributed by atoms with Crippen LogP contribution in [0.25, 0.3) is 0 Å². The van der Waals surface area contributed by atoms with Gasteiger partial charge in [0, 0.05) is 19.6 Å². The molecular weight excluding hydrogens is 469 g/mol. The molecule has 1 atom stereocenters. The Balaban J connectivity index is 0.00000676. The van der Waals surface area contributed by atoms with Gasteiger partial charge in [-0.3, -0.25) is 4.99 Å². The van der Waals surface area contributed by atoms with E-state index in [1.54, 1.807) is 12.1 Å². The summed E-state index contributed by atoms with van der Waals surface area (Å²) in [7, 11) is 0. The van der Waals surface area contributed by atoms with Gasteiger partial charge in [-0.2, -0.15) is 8.78 Å². The van der Waals surface area contributed by atoms with Crippen molar-refractivity contribution in [2.24, 2.45) is 4.99 Å². The number of benzene rings is 1. The summed E-state index contributed by atoms with van der Waals surface area (Å²) in [5.41, 5.74) is 0.592. The first kappa shape index (κ1) is 25.8. The van der Waals surface area contributed by atoms with Crippen LogP contribution in [0.5, 0.6) is 5.75 Å². The number of guanidine groups is 1. The Morgan fingerprint density at radius 1 is 1.15 bits per heavy atom. The van der Waals surface area contributed by atoms with Crippen LogP contribution in [-0.4, -0.2) is 61.8 Å². The van der Waals surface area contributed by atoms with Crippen LogP contribution in [0.4, 0.5) is 8.78 Å². The van der Waals surface area contributed by atoms with Crippen molar-refractivity contribution < 1.29 is 18.6 Å². The Kier molecular flexibility index (Phi) is 14.2. The van der Waals surface area contributed by atoms with Crippen molar-refractivity contribution >= 4 is 29.9 Å². The lowest BCUT2D eigenvalue weighted by atomic mass is 10.1. The molecule has 0 saturated carbocycles. The average molecular weight is 500 g/mol. The van der Waals surface area contributed by atoms with Gasteiger partial charge in [0.05, 0.1) is 12.6 Å². The van der Waals surface area contributed by atoms with Crippen molar-refractivity contribution in [1.29, 1.82) is 0 Å². The number of hydrogen-bond acceptors (Lipinski definition) is 4. The maximum absolute atomic E-state index is 12.2. The van der Waals surface area contributed by atoms with E-state index in [1.807, 2.05) is 6.92 Å². The molecule has 0 amide bonds. The number of aliphatic imine (C=N–C) groups is 1. The summed E-state index contributed by atoms with van der Waals surface area (Å²) in [6.07, 6.45) is -0.825. The second kappa shape index (κ2) is 14.8. The molecule has 3 N–H and O–H groups in total. The SMILES string of the molecule is CCNC(=NCC(O)c1ccc(OC(F)F)cc1)NCCN(CC)CC.I. The second-order valence-electron chi connectivity index (χ2n) is 5.64. The normalized spacial score (nSPS) is 12.7. The number of aliphatic hydroxyl groups is 1. The number of alkyl halides is 2. The number of halogens is 3. The molecule has 0 aliphatic carbocycles. The highest BCUT2D eigenvalue weighted by Gasteiger charge is 2.09. The lowest BCUT2D eigenvalue weighted by molar-refractivity contribution is -0.0498. The molecule has 1 rings (SSSR count). The number of likely N-dealkylation sites (N-methyl/N-ethyl adjacent to an activating group) is 1. The van der Waals surface area contributed by atoms with Crippen LogP contribution in [0.3, 0.4) is 0 Å². The Morgan fingerprint density at radius 3 is 2.30 bits per heavy atom. The number of nitrogens with one attached hydrogen (secondary N) is 2. The van der Waals surface area contributed by atoms with Crippen LogP contribution in [0.1, 0.15) is 32.4 Å². The van der Waals surface area contributed by atoms with E-state index in [0.29, 0.717) is 18.1 Å². The second-order valence-corrected chi connectivity index (χ2v) is 5.64. The number of rotatable bonds is 11. The van der Waals surface area contributed by atoms with E-state index in [1.165, 1.54) is 12.1 Å². The Morgan fingerprint density at radius 2 is 1.78 bits per heavy atom. The zero-order valence-electron chi connectivity index (χ0n) is 16.1. The number of nitrogens with zero attached hydrogens (tertiary/aromatic N) is 2. The minimum atomic E-state index is -2.86. The third-order valence-electron chi connectivity index (χ3n) is 3.87. The predicted molar refractivity (Wildman–Crippen MR) is 115 cm³/mol. The molecule has 0 aliphatic rings. The van der Waals surface area contributed by atoms with Gasteiger partial charge >= 0.3 is 6.61 Å². The summed E-state index contributed by atoms with van der Waals surface area (Å²) >= 11 is 0. The fraction of sp³-hybridized carbons (Fsp3) is 0.611. The summed E-state index contributed by atoms with van der Waals surface area (Å²) in [5.74, 6) is 0.696. The highest BCUT2D eigenvalue weighted by atomic mass is 127. The maximum atomic E-state index is 12.2. The third kappa shape index (κ3) is 10.6. The van der Waals surface area contributed by atoms with Crippen LogP contribution in [0, 0.1) is 0 Å². The zero-order chi connectivity index (χ0) is 19.4. The monoisotopic (exact) mass is 500 g/mol. The van der Waals surface area contributed by atoms with Crippen molar-refractivity contribution in [2.75, 3.05) is 39.3 Å². The molecule has 0 fully saturated rings. The molecule has 1 aromatic carbocycles. The van der Waals surface area contributed by atoms with Gasteiger partial charge in [-0.25, -0.2) is 0 Å². The summed E-state index contributed by atoms with van der Waals surface area (Å²) in [6.45, 7) is 7.89. The highest BCUT2D eigenvalue weighted by Crippen LogP contribution is 2.19. The van der Waals surface area contributed by atoms with Gasteiger partial charge in [-0.05, 0) is 37.7 Å².